The molecule has 0 radical (unpaired) electrons. The minimum Gasteiger partial charge on any atom is -0.491 e. The summed E-state index contributed by atoms with van der Waals surface area (Å²) in [6, 6.07) is -12.8. The molecule has 3 aliphatic rings. The number of halogens is 1. The first-order valence-electron chi connectivity index (χ1n) is 23.2. The summed E-state index contributed by atoms with van der Waals surface area (Å²) in [7, 11) is 1.90. The number of carboxylic acid groups (broad SMARTS) is 7. The molecule has 32 nitrogen and oxygen atoms in total. The number of ketones is 1. The van der Waals surface area contributed by atoms with Gasteiger partial charge in [0, 0.05) is 49.1 Å². The number of anilines is 1. The summed E-state index contributed by atoms with van der Waals surface area (Å²) in [6.45, 7) is 2.68. The van der Waals surface area contributed by atoms with Gasteiger partial charge in [-0.05, 0) is 13.1 Å². The molecule has 1 aromatic rings. The summed E-state index contributed by atoms with van der Waals surface area (Å²) in [4.78, 5) is 192. The second-order valence-corrected chi connectivity index (χ2v) is 17.9. The number of carbonyl (C=O) groups excluding carboxylic acids is 8. The van der Waals surface area contributed by atoms with Crippen molar-refractivity contribution >= 4 is 94.7 Å². The van der Waals surface area contributed by atoms with Gasteiger partial charge in [0.1, 0.15) is 53.3 Å². The van der Waals surface area contributed by atoms with Crippen molar-refractivity contribution in [3.05, 3.63) is 34.7 Å². The maximum Gasteiger partial charge on any atom is 0.342 e. The molecule has 78 heavy (non-hydrogen) atoms. The van der Waals surface area contributed by atoms with E-state index in [2.05, 4.69) is 0 Å². The van der Waals surface area contributed by atoms with E-state index in [1.807, 2.05) is 22.6 Å². The number of nitrogens with zero attached hydrogens (tertiary/aromatic N) is 2. The average molecular weight is 1110 g/mol. The SMILES string of the molecule is C[C@H]1COc2c3c(cc(F)c2N2CCN(C)CC2)C(=O)C(C(=O)OCC(=O)N[C@@H](CC(=O)O)C(=O)N[C@@H](CC(=O)O)C(=O)N[C@@H](CC(=O)O)C(=O)N[C@@H](CC(=O)O)C(=O)N[C@@H](CC(=O)O)C(=O)N[C@@H](CC(=O)O)C(=O)O)=CC31. The molecule has 33 heteroatoms. The third-order valence-corrected chi connectivity index (χ3v) is 12.0. The lowest BCUT2D eigenvalue weighted by molar-refractivity contribution is -0.148. The highest BCUT2D eigenvalue weighted by Gasteiger charge is 2.43. The van der Waals surface area contributed by atoms with E-state index in [1.54, 1.807) is 33.1 Å². The van der Waals surface area contributed by atoms with Crippen LogP contribution in [0.3, 0.4) is 0 Å². The number of nitrogens with one attached hydrogen (secondary N) is 6. The van der Waals surface area contributed by atoms with E-state index in [9.17, 15) is 103 Å². The molecule has 0 spiro atoms. The van der Waals surface area contributed by atoms with Crippen LogP contribution in [0, 0.1) is 11.7 Å². The summed E-state index contributed by atoms with van der Waals surface area (Å²) in [5.74, 6) is -26.7. The number of benzene rings is 1. The molecule has 1 saturated heterocycles. The first-order valence-corrected chi connectivity index (χ1v) is 23.2. The predicted octanol–water partition coefficient (Wildman–Crippen LogP) is -4.80. The zero-order chi connectivity index (χ0) is 58.5. The van der Waals surface area contributed by atoms with Gasteiger partial charge in [-0.25, -0.2) is 14.0 Å². The minimum atomic E-state index is -2.41. The average Bonchev–Trinajstić information content (AvgIpc) is 3.33. The largest absolute Gasteiger partial charge is 0.491 e. The van der Waals surface area contributed by atoms with Crippen LogP contribution in [-0.4, -0.2) is 212 Å². The first-order chi connectivity index (χ1) is 36.5. The third-order valence-electron chi connectivity index (χ3n) is 12.0. The zero-order valence-electron chi connectivity index (χ0n) is 41.1. The topological polar surface area (TPSA) is 495 Å². The number of likely N-dealkylation sites (N-methyl/N-ethyl adjacent to an activating group) is 1. The highest BCUT2D eigenvalue weighted by Crippen LogP contribution is 2.50. The van der Waals surface area contributed by atoms with Crippen LogP contribution in [0.5, 0.6) is 5.75 Å². The van der Waals surface area contributed by atoms with Gasteiger partial charge < -0.3 is 86.9 Å². The van der Waals surface area contributed by atoms with Crippen molar-refractivity contribution in [2.24, 2.45) is 5.92 Å². The van der Waals surface area contributed by atoms with Gasteiger partial charge in [-0.15, -0.1) is 0 Å². The highest BCUT2D eigenvalue weighted by molar-refractivity contribution is 6.26. The lowest BCUT2D eigenvalue weighted by atomic mass is 9.75. The molecule has 0 aromatic heterocycles. The van der Waals surface area contributed by atoms with Gasteiger partial charge in [0.05, 0.1) is 45.1 Å². The van der Waals surface area contributed by atoms with Crippen molar-refractivity contribution in [3.63, 3.8) is 0 Å². The summed E-state index contributed by atoms with van der Waals surface area (Å²) >= 11 is 0. The maximum atomic E-state index is 15.8. The van der Waals surface area contributed by atoms with Gasteiger partial charge in [0.15, 0.2) is 12.4 Å². The molecule has 1 unspecified atom stereocenters. The Morgan fingerprint density at radius 2 is 0.974 bits per heavy atom. The molecule has 13 N–H and O–H groups in total. The van der Waals surface area contributed by atoms with Crippen LogP contribution < -0.4 is 41.5 Å². The van der Waals surface area contributed by atoms with Gasteiger partial charge in [0.25, 0.3) is 5.91 Å². The van der Waals surface area contributed by atoms with Crippen LogP contribution in [0.25, 0.3) is 0 Å². The number of hydrogen-bond acceptors (Lipinski definition) is 19. The lowest BCUT2D eigenvalue weighted by Gasteiger charge is -2.39. The second kappa shape index (κ2) is 27.0. The highest BCUT2D eigenvalue weighted by atomic mass is 19.1. The Balaban J connectivity index is 1.48. The number of esters is 1. The zero-order valence-corrected chi connectivity index (χ0v) is 41.1. The number of rotatable bonds is 28. The summed E-state index contributed by atoms with van der Waals surface area (Å²) in [5.41, 5.74) is -0.285. The van der Waals surface area contributed by atoms with Crippen molar-refractivity contribution in [2.75, 3.05) is 51.3 Å². The number of piperazine rings is 1. The number of hydrogen-bond donors (Lipinski definition) is 13. The standard InChI is InChI=1S/C45H53FN8O24/c1-17-15-77-38-35-18(17)7-20(37(68)19(35)8-21(46)36(38)54-5-3-53(2)4-6-54)45(76)78-16-28(55)47-22(9-29(56)57)39(69)48-23(10-30(58)59)40(70)49-24(11-31(60)61)41(71)50-25(12-32(62)63)42(72)51-26(13-33(64)65)43(73)52-27(44(74)75)14-34(66)67/h7-8,17-18,22-27H,3-6,9-16H2,1-2H3,(H,47,55)(H,48,69)(H,49,70)(H,50,71)(H,51,72)(H,52,73)(H,56,57)(H,58,59)(H,60,61)(H,62,63)(H,64,65)(H,66,67)(H,74,75)/t17-,18?,22-,23-,24-,25-,26-,27-/m0/s1. The van der Waals surface area contributed by atoms with E-state index in [-0.39, 0.29) is 29.5 Å². The molecule has 1 aliphatic carbocycles. The molecule has 0 saturated carbocycles. The van der Waals surface area contributed by atoms with Crippen LogP contribution >= 0.6 is 0 Å². The van der Waals surface area contributed by atoms with Crippen LogP contribution in [0.4, 0.5) is 10.1 Å². The van der Waals surface area contributed by atoms with Gasteiger partial charge >= 0.3 is 47.8 Å². The number of ether oxygens (including phenoxy) is 2. The van der Waals surface area contributed by atoms with E-state index >= 15 is 4.39 Å². The number of carboxylic acids is 7. The summed E-state index contributed by atoms with van der Waals surface area (Å²) in [5, 5.41) is 76.2. The van der Waals surface area contributed by atoms with Crippen molar-refractivity contribution < 1.29 is 122 Å². The van der Waals surface area contributed by atoms with Crippen LogP contribution in [0.2, 0.25) is 0 Å². The quantitative estimate of drug-likeness (QED) is 0.0277. The Bertz CT molecular complexity index is 2690. The fraction of sp³-hybridized carbons (Fsp3) is 0.489. The molecule has 1 fully saturated rings. The Kier molecular flexibility index (Phi) is 21.2. The molecule has 6 amide bonds. The molecule has 2 heterocycles. The number of amides is 6. The Morgan fingerprint density at radius 3 is 1.36 bits per heavy atom. The number of carbonyl (C=O) groups is 15. The molecule has 1 aromatic carbocycles. The summed E-state index contributed by atoms with van der Waals surface area (Å²) < 4.78 is 26.8. The number of aliphatic carboxylic acids is 7. The normalized spacial score (nSPS) is 17.9. The second-order valence-electron chi connectivity index (χ2n) is 17.9. The van der Waals surface area contributed by atoms with Crippen LogP contribution in [-0.2, 0) is 71.9 Å². The lowest BCUT2D eigenvalue weighted by Crippen LogP contribution is -2.60. The Morgan fingerprint density at radius 1 is 0.603 bits per heavy atom. The predicted molar refractivity (Wildman–Crippen MR) is 250 cm³/mol. The molecular weight excluding hydrogens is 1060 g/mol. The summed E-state index contributed by atoms with van der Waals surface area (Å²) in [6.07, 6.45) is -6.86. The Labute approximate surface area is 437 Å². The maximum absolute atomic E-state index is 15.8. The van der Waals surface area contributed by atoms with E-state index in [1.165, 1.54) is 6.08 Å². The van der Waals surface area contributed by atoms with Crippen molar-refractivity contribution in [2.45, 2.75) is 87.6 Å². The smallest absolute Gasteiger partial charge is 0.342 e. The number of Topliss-reactive ketones (excluding diaryl/α,β-unsaturated/α-hetero) is 1. The fourth-order valence-electron chi connectivity index (χ4n) is 8.13. The van der Waals surface area contributed by atoms with E-state index in [0.29, 0.717) is 31.7 Å². The minimum absolute atomic E-state index is 0.0669. The third kappa shape index (κ3) is 16.9. The molecule has 2 aliphatic heterocycles. The fourth-order valence-corrected chi connectivity index (χ4v) is 8.13. The number of allylic oxidation sites excluding steroid dienone is 1. The van der Waals surface area contributed by atoms with E-state index < -0.39 is 188 Å². The molecular formula is C45H53FN8O24. The van der Waals surface area contributed by atoms with Gasteiger partial charge in [-0.1, -0.05) is 13.0 Å². The van der Waals surface area contributed by atoms with Gasteiger partial charge in [0.2, 0.25) is 35.3 Å². The molecule has 8 atom stereocenters. The van der Waals surface area contributed by atoms with Gasteiger partial charge in [-0.2, -0.15) is 0 Å². The van der Waals surface area contributed by atoms with E-state index in [0.717, 1.165) is 6.07 Å². The van der Waals surface area contributed by atoms with Gasteiger partial charge in [-0.3, -0.25) is 62.3 Å². The van der Waals surface area contributed by atoms with E-state index in [4.69, 9.17) is 14.6 Å². The molecule has 0 bridgehead atoms. The molecule has 424 valence electrons. The van der Waals surface area contributed by atoms with Crippen LogP contribution in [0.1, 0.15) is 67.3 Å². The first kappa shape index (κ1) is 61.2. The van der Waals surface area contributed by atoms with Crippen molar-refractivity contribution in [1.82, 2.24) is 36.8 Å². The van der Waals surface area contributed by atoms with Crippen molar-refractivity contribution in [1.29, 1.82) is 0 Å². The van der Waals surface area contributed by atoms with Crippen LogP contribution in [0.15, 0.2) is 17.7 Å². The van der Waals surface area contributed by atoms with Crippen molar-refractivity contribution in [3.8, 4) is 5.75 Å². The Hall–Kier alpha value is -9.30. The molecule has 4 rings (SSSR count). The monoisotopic (exact) mass is 1110 g/mol.